The van der Waals surface area contributed by atoms with Gasteiger partial charge in [0.15, 0.2) is 0 Å². The molecule has 0 radical (unpaired) electrons. The van der Waals surface area contributed by atoms with Crippen molar-refractivity contribution in [3.05, 3.63) is 27.9 Å². The summed E-state index contributed by atoms with van der Waals surface area (Å²) in [5, 5.41) is 17.0. The standard InChI is InChI=1S/C8H10N2O4/c11-2-1-6-9-4-5(3-7(12)13)8(14)10-6/h4,11H,1-3H2,(H,12,13)(H,9,10,14). The van der Waals surface area contributed by atoms with Crippen LogP contribution < -0.4 is 5.56 Å². The van der Waals surface area contributed by atoms with E-state index >= 15 is 0 Å². The molecule has 0 aliphatic rings. The number of carbonyl (C=O) groups is 1. The van der Waals surface area contributed by atoms with Crippen LogP contribution in [0, 0.1) is 0 Å². The second kappa shape index (κ2) is 4.52. The highest BCUT2D eigenvalue weighted by Gasteiger charge is 2.06. The molecule has 1 aromatic heterocycles. The predicted octanol–water partition coefficient (Wildman–Crippen LogP) is -1.07. The summed E-state index contributed by atoms with van der Waals surface area (Å²) in [6, 6.07) is 0. The maximum absolute atomic E-state index is 11.2. The molecule has 0 saturated heterocycles. The van der Waals surface area contributed by atoms with E-state index < -0.39 is 11.5 Å². The second-order valence-electron chi connectivity index (χ2n) is 2.73. The molecule has 1 rings (SSSR count). The van der Waals surface area contributed by atoms with Gasteiger partial charge >= 0.3 is 5.97 Å². The molecule has 0 amide bonds. The van der Waals surface area contributed by atoms with E-state index in [1.54, 1.807) is 0 Å². The molecule has 0 spiro atoms. The molecule has 14 heavy (non-hydrogen) atoms. The van der Waals surface area contributed by atoms with Crippen LogP contribution in [0.3, 0.4) is 0 Å². The zero-order chi connectivity index (χ0) is 10.6. The summed E-state index contributed by atoms with van der Waals surface area (Å²) >= 11 is 0. The van der Waals surface area contributed by atoms with E-state index in [-0.39, 0.29) is 25.0 Å². The summed E-state index contributed by atoms with van der Waals surface area (Å²) in [7, 11) is 0. The van der Waals surface area contributed by atoms with Gasteiger partial charge in [-0.1, -0.05) is 0 Å². The van der Waals surface area contributed by atoms with Crippen LogP contribution in [0.15, 0.2) is 11.0 Å². The number of aliphatic hydroxyl groups excluding tert-OH is 1. The molecule has 0 aromatic carbocycles. The van der Waals surface area contributed by atoms with E-state index in [4.69, 9.17) is 10.2 Å². The molecular weight excluding hydrogens is 188 g/mol. The van der Waals surface area contributed by atoms with Crippen LogP contribution >= 0.6 is 0 Å². The Labute approximate surface area is 79.2 Å². The number of rotatable bonds is 4. The molecule has 3 N–H and O–H groups in total. The van der Waals surface area contributed by atoms with Crippen molar-refractivity contribution >= 4 is 5.97 Å². The number of carboxylic acids is 1. The number of aliphatic hydroxyl groups is 1. The van der Waals surface area contributed by atoms with Gasteiger partial charge in [-0.25, -0.2) is 4.98 Å². The van der Waals surface area contributed by atoms with Crippen LogP contribution in [0.25, 0.3) is 0 Å². The molecular formula is C8H10N2O4. The summed E-state index contributed by atoms with van der Waals surface area (Å²) in [6.07, 6.45) is 1.13. The van der Waals surface area contributed by atoms with Crippen molar-refractivity contribution in [3.8, 4) is 0 Å². The number of aromatic amines is 1. The number of nitrogens with zero attached hydrogens (tertiary/aromatic N) is 1. The predicted molar refractivity (Wildman–Crippen MR) is 47.0 cm³/mol. The number of hydrogen-bond acceptors (Lipinski definition) is 4. The molecule has 76 valence electrons. The van der Waals surface area contributed by atoms with Gasteiger partial charge in [-0.3, -0.25) is 9.59 Å². The molecule has 0 unspecified atom stereocenters. The maximum atomic E-state index is 11.2. The molecule has 6 heteroatoms. The molecule has 0 saturated carbocycles. The average molecular weight is 198 g/mol. The zero-order valence-corrected chi connectivity index (χ0v) is 7.36. The lowest BCUT2D eigenvalue weighted by Crippen LogP contribution is -2.19. The number of hydrogen-bond donors (Lipinski definition) is 3. The van der Waals surface area contributed by atoms with Crippen LogP contribution in [-0.2, 0) is 17.6 Å². The minimum Gasteiger partial charge on any atom is -0.481 e. The first-order chi connectivity index (χ1) is 6.63. The van der Waals surface area contributed by atoms with E-state index in [1.807, 2.05) is 0 Å². The van der Waals surface area contributed by atoms with Gasteiger partial charge in [0.2, 0.25) is 0 Å². The number of nitrogens with one attached hydrogen (secondary N) is 1. The summed E-state index contributed by atoms with van der Waals surface area (Å²) in [5.41, 5.74) is -0.356. The van der Waals surface area contributed by atoms with Gasteiger partial charge in [0, 0.05) is 18.2 Å². The molecule has 0 fully saturated rings. The van der Waals surface area contributed by atoms with Crippen LogP contribution in [0.1, 0.15) is 11.4 Å². The van der Waals surface area contributed by atoms with Crippen molar-refractivity contribution in [2.45, 2.75) is 12.8 Å². The highest BCUT2D eigenvalue weighted by atomic mass is 16.4. The second-order valence-corrected chi connectivity index (χ2v) is 2.73. The molecule has 0 atom stereocenters. The minimum absolute atomic E-state index is 0.110. The molecule has 0 bridgehead atoms. The summed E-state index contributed by atoms with van der Waals surface area (Å²) < 4.78 is 0. The van der Waals surface area contributed by atoms with Crippen LogP contribution in [0.5, 0.6) is 0 Å². The number of aromatic nitrogens is 2. The van der Waals surface area contributed by atoms with E-state index in [0.717, 1.165) is 0 Å². The van der Waals surface area contributed by atoms with Crippen molar-refractivity contribution in [1.82, 2.24) is 9.97 Å². The van der Waals surface area contributed by atoms with E-state index in [2.05, 4.69) is 9.97 Å². The Morgan fingerprint density at radius 2 is 2.29 bits per heavy atom. The van der Waals surface area contributed by atoms with E-state index in [0.29, 0.717) is 5.82 Å². The molecule has 1 aromatic rings. The van der Waals surface area contributed by atoms with Crippen LogP contribution in [0.4, 0.5) is 0 Å². The number of aliphatic carboxylic acids is 1. The lowest BCUT2D eigenvalue weighted by Gasteiger charge is -1.99. The smallest absolute Gasteiger partial charge is 0.308 e. The van der Waals surface area contributed by atoms with Crippen molar-refractivity contribution in [1.29, 1.82) is 0 Å². The largest absolute Gasteiger partial charge is 0.481 e. The average Bonchev–Trinajstić information content (AvgIpc) is 2.10. The quantitative estimate of drug-likeness (QED) is 0.571. The maximum Gasteiger partial charge on any atom is 0.308 e. The molecule has 6 nitrogen and oxygen atoms in total. The van der Waals surface area contributed by atoms with Gasteiger partial charge in [0.1, 0.15) is 5.82 Å². The third kappa shape index (κ3) is 2.67. The lowest BCUT2D eigenvalue weighted by atomic mass is 10.2. The summed E-state index contributed by atoms with van der Waals surface area (Å²) in [5.74, 6) is -0.723. The Morgan fingerprint density at radius 1 is 1.57 bits per heavy atom. The van der Waals surface area contributed by atoms with Crippen molar-refractivity contribution < 1.29 is 15.0 Å². The van der Waals surface area contributed by atoms with Crippen LogP contribution in [0.2, 0.25) is 0 Å². The monoisotopic (exact) mass is 198 g/mol. The van der Waals surface area contributed by atoms with Crippen molar-refractivity contribution in [3.63, 3.8) is 0 Å². The SMILES string of the molecule is O=C(O)Cc1cnc(CCO)[nH]c1=O. The van der Waals surface area contributed by atoms with Gasteiger partial charge in [0.05, 0.1) is 13.0 Å². The van der Waals surface area contributed by atoms with Gasteiger partial charge in [-0.05, 0) is 0 Å². The highest BCUT2D eigenvalue weighted by Crippen LogP contribution is 1.92. The molecule has 0 aliphatic heterocycles. The van der Waals surface area contributed by atoms with Crippen molar-refractivity contribution in [2.24, 2.45) is 0 Å². The first-order valence-electron chi connectivity index (χ1n) is 4.03. The van der Waals surface area contributed by atoms with Crippen molar-refractivity contribution in [2.75, 3.05) is 6.61 Å². The summed E-state index contributed by atoms with van der Waals surface area (Å²) in [4.78, 5) is 27.7. The normalized spacial score (nSPS) is 10.1. The Kier molecular flexibility index (Phi) is 3.35. The minimum atomic E-state index is -1.08. The Bertz CT molecular complexity index is 385. The van der Waals surface area contributed by atoms with E-state index in [1.165, 1.54) is 6.20 Å². The molecule has 1 heterocycles. The third-order valence-corrected chi connectivity index (χ3v) is 1.62. The fraction of sp³-hybridized carbons (Fsp3) is 0.375. The van der Waals surface area contributed by atoms with Crippen LogP contribution in [-0.4, -0.2) is 32.8 Å². The van der Waals surface area contributed by atoms with E-state index in [9.17, 15) is 9.59 Å². The lowest BCUT2D eigenvalue weighted by molar-refractivity contribution is -0.136. The summed E-state index contributed by atoms with van der Waals surface area (Å²) in [6.45, 7) is -0.110. The van der Waals surface area contributed by atoms with Gasteiger partial charge in [0.25, 0.3) is 5.56 Å². The highest BCUT2D eigenvalue weighted by molar-refractivity contribution is 5.69. The van der Waals surface area contributed by atoms with Gasteiger partial charge in [-0.2, -0.15) is 0 Å². The Balaban J connectivity index is 2.90. The first-order valence-corrected chi connectivity index (χ1v) is 4.03. The third-order valence-electron chi connectivity index (χ3n) is 1.62. The fourth-order valence-corrected chi connectivity index (χ4v) is 0.980. The first kappa shape index (κ1) is 10.4. The molecule has 0 aliphatic carbocycles. The van der Waals surface area contributed by atoms with Gasteiger partial charge < -0.3 is 15.2 Å². The zero-order valence-electron chi connectivity index (χ0n) is 7.36. The number of carboxylic acid groups (broad SMARTS) is 1. The number of H-pyrrole nitrogens is 1. The Morgan fingerprint density at radius 3 is 2.79 bits per heavy atom. The topological polar surface area (TPSA) is 103 Å². The fourth-order valence-electron chi connectivity index (χ4n) is 0.980. The van der Waals surface area contributed by atoms with Gasteiger partial charge in [-0.15, -0.1) is 0 Å². The Hall–Kier alpha value is -1.69.